The summed E-state index contributed by atoms with van der Waals surface area (Å²) in [6.07, 6.45) is 0.892. The summed E-state index contributed by atoms with van der Waals surface area (Å²) in [4.78, 5) is 28.7. The van der Waals surface area contributed by atoms with Crippen LogP contribution in [0.3, 0.4) is 0 Å². The molecule has 178 valence electrons. The number of carbonyl (C=O) groups excluding carboxylic acids is 2. The number of amides is 2. The van der Waals surface area contributed by atoms with E-state index in [2.05, 4.69) is 0 Å². The summed E-state index contributed by atoms with van der Waals surface area (Å²) in [6, 6.07) is 2.02. The normalized spacial score (nSPS) is 18.7. The van der Waals surface area contributed by atoms with Crippen molar-refractivity contribution in [3.8, 4) is 0 Å². The fraction of sp³-hybridized carbons (Fsp3) is 0.652. The Kier molecular flexibility index (Phi) is 7.50. The monoisotopic (exact) mass is 465 g/mol. The predicted molar refractivity (Wildman–Crippen MR) is 122 cm³/mol. The van der Waals surface area contributed by atoms with Gasteiger partial charge in [0.1, 0.15) is 0 Å². The number of rotatable bonds is 4. The van der Waals surface area contributed by atoms with Crippen molar-refractivity contribution < 1.29 is 22.7 Å². The van der Waals surface area contributed by atoms with Gasteiger partial charge in [-0.1, -0.05) is 6.07 Å². The fourth-order valence-electron chi connectivity index (χ4n) is 4.63. The Labute approximate surface area is 191 Å². The van der Waals surface area contributed by atoms with Gasteiger partial charge in [-0.2, -0.15) is 4.31 Å². The number of piperazine rings is 1. The van der Waals surface area contributed by atoms with E-state index in [9.17, 15) is 18.0 Å². The first kappa shape index (κ1) is 24.5. The largest absolute Gasteiger partial charge is 0.450 e. The third-order valence-electron chi connectivity index (χ3n) is 6.82. The van der Waals surface area contributed by atoms with Gasteiger partial charge in [-0.25, -0.2) is 13.2 Å². The van der Waals surface area contributed by atoms with Gasteiger partial charge in [0.15, 0.2) is 0 Å². The van der Waals surface area contributed by atoms with Crippen LogP contribution in [-0.2, 0) is 19.6 Å². The molecule has 0 aliphatic carbocycles. The summed E-state index contributed by atoms with van der Waals surface area (Å²) in [6.45, 7) is 12.1. The van der Waals surface area contributed by atoms with Crippen molar-refractivity contribution in [2.45, 2.75) is 52.4 Å². The number of carbonyl (C=O) groups is 2. The van der Waals surface area contributed by atoms with E-state index in [1.165, 1.54) is 4.31 Å². The minimum absolute atomic E-state index is 0.0596. The van der Waals surface area contributed by atoms with Crippen LogP contribution >= 0.6 is 0 Å². The van der Waals surface area contributed by atoms with E-state index in [4.69, 9.17) is 4.74 Å². The number of piperidine rings is 1. The summed E-state index contributed by atoms with van der Waals surface area (Å²) >= 11 is 0. The molecule has 2 aliphatic heterocycles. The molecule has 0 saturated carbocycles. The molecule has 0 bridgehead atoms. The Balaban J connectivity index is 1.62. The second-order valence-corrected chi connectivity index (χ2v) is 10.7. The van der Waals surface area contributed by atoms with Gasteiger partial charge < -0.3 is 14.5 Å². The highest BCUT2D eigenvalue weighted by Gasteiger charge is 2.36. The molecule has 0 radical (unpaired) electrons. The molecule has 2 amide bonds. The lowest BCUT2D eigenvalue weighted by Gasteiger charge is -2.38. The van der Waals surface area contributed by atoms with E-state index < -0.39 is 10.0 Å². The Hall–Kier alpha value is -2.13. The quantitative estimate of drug-likeness (QED) is 0.682. The van der Waals surface area contributed by atoms with E-state index in [0.717, 1.165) is 22.3 Å². The minimum atomic E-state index is -3.63. The van der Waals surface area contributed by atoms with E-state index >= 15 is 0 Å². The van der Waals surface area contributed by atoms with Crippen LogP contribution in [-0.4, -0.2) is 80.4 Å². The highest BCUT2D eigenvalue weighted by atomic mass is 32.2. The number of hydrogen-bond acceptors (Lipinski definition) is 5. The average molecular weight is 466 g/mol. The smallest absolute Gasteiger partial charge is 0.409 e. The first-order valence-corrected chi connectivity index (χ1v) is 12.8. The zero-order valence-electron chi connectivity index (χ0n) is 19.8. The number of hydrogen-bond donors (Lipinski definition) is 0. The fourth-order valence-corrected chi connectivity index (χ4v) is 6.63. The molecule has 32 heavy (non-hydrogen) atoms. The van der Waals surface area contributed by atoms with Crippen LogP contribution in [0.1, 0.15) is 42.0 Å². The number of ether oxygens (including phenoxy) is 1. The maximum atomic E-state index is 13.4. The standard InChI is InChI=1S/C23H35N3O5S/c1-6-31-23(28)25-9-7-20(8-10-25)22(27)24-11-13-26(14-12-24)32(29,30)21-18(4)16(2)15-17(3)19(21)5/h15,20H,6-14H2,1-5H3. The Bertz CT molecular complexity index is 950. The van der Waals surface area contributed by atoms with Crippen LogP contribution in [0.5, 0.6) is 0 Å². The van der Waals surface area contributed by atoms with E-state index in [1.54, 1.807) is 16.7 Å². The molecule has 1 aromatic rings. The molecule has 2 heterocycles. The van der Waals surface area contributed by atoms with Gasteiger partial charge in [0, 0.05) is 45.2 Å². The second-order valence-electron chi connectivity index (χ2n) is 8.78. The van der Waals surface area contributed by atoms with Crippen LogP contribution in [0.2, 0.25) is 0 Å². The number of likely N-dealkylation sites (tertiary alicyclic amines) is 1. The number of sulfonamides is 1. The van der Waals surface area contributed by atoms with E-state index in [-0.39, 0.29) is 17.9 Å². The lowest BCUT2D eigenvalue weighted by Crippen LogP contribution is -2.53. The van der Waals surface area contributed by atoms with Crippen LogP contribution in [0.25, 0.3) is 0 Å². The second kappa shape index (κ2) is 9.79. The van der Waals surface area contributed by atoms with Crippen LogP contribution in [0, 0.1) is 33.6 Å². The first-order valence-electron chi connectivity index (χ1n) is 11.4. The summed E-state index contributed by atoms with van der Waals surface area (Å²) in [5.41, 5.74) is 3.52. The highest BCUT2D eigenvalue weighted by Crippen LogP contribution is 2.30. The SMILES string of the molecule is CCOC(=O)N1CCC(C(=O)N2CCN(S(=O)(=O)c3c(C)c(C)cc(C)c3C)CC2)CC1. The van der Waals surface area contributed by atoms with E-state index in [1.807, 2.05) is 33.8 Å². The van der Waals surface area contributed by atoms with Crippen molar-refractivity contribution in [1.29, 1.82) is 0 Å². The summed E-state index contributed by atoms with van der Waals surface area (Å²) in [5.74, 6) is -0.0722. The van der Waals surface area contributed by atoms with Gasteiger partial charge in [0.05, 0.1) is 11.5 Å². The molecule has 0 atom stereocenters. The molecule has 2 saturated heterocycles. The Morgan fingerprint density at radius 1 is 0.906 bits per heavy atom. The molecule has 3 rings (SSSR count). The maximum absolute atomic E-state index is 13.4. The minimum Gasteiger partial charge on any atom is -0.450 e. The Morgan fingerprint density at radius 3 is 1.94 bits per heavy atom. The van der Waals surface area contributed by atoms with E-state index in [0.29, 0.717) is 63.6 Å². The summed E-state index contributed by atoms with van der Waals surface area (Å²) in [7, 11) is -3.63. The van der Waals surface area contributed by atoms with Gasteiger partial charge in [0.2, 0.25) is 15.9 Å². The van der Waals surface area contributed by atoms with Crippen molar-refractivity contribution in [2.24, 2.45) is 5.92 Å². The van der Waals surface area contributed by atoms with Crippen molar-refractivity contribution in [1.82, 2.24) is 14.1 Å². The van der Waals surface area contributed by atoms with Crippen LogP contribution < -0.4 is 0 Å². The number of aryl methyl sites for hydroxylation is 2. The van der Waals surface area contributed by atoms with Crippen molar-refractivity contribution in [3.05, 3.63) is 28.3 Å². The van der Waals surface area contributed by atoms with Gasteiger partial charge in [0.25, 0.3) is 0 Å². The van der Waals surface area contributed by atoms with Gasteiger partial charge >= 0.3 is 6.09 Å². The molecule has 2 fully saturated rings. The molecule has 0 unspecified atom stereocenters. The molecule has 0 N–H and O–H groups in total. The predicted octanol–water partition coefficient (Wildman–Crippen LogP) is 2.62. The van der Waals surface area contributed by atoms with Gasteiger partial charge in [-0.3, -0.25) is 4.79 Å². The zero-order valence-corrected chi connectivity index (χ0v) is 20.6. The molecular formula is C23H35N3O5S. The third-order valence-corrected chi connectivity index (χ3v) is 8.99. The molecule has 8 nitrogen and oxygen atoms in total. The lowest BCUT2D eigenvalue weighted by molar-refractivity contribution is -0.138. The molecule has 0 spiro atoms. The number of benzene rings is 1. The van der Waals surface area contributed by atoms with Crippen molar-refractivity contribution >= 4 is 22.0 Å². The van der Waals surface area contributed by atoms with Crippen molar-refractivity contribution in [2.75, 3.05) is 45.9 Å². The van der Waals surface area contributed by atoms with Crippen molar-refractivity contribution in [3.63, 3.8) is 0 Å². The number of nitrogens with zero attached hydrogens (tertiary/aromatic N) is 3. The lowest BCUT2D eigenvalue weighted by atomic mass is 9.95. The molecule has 0 aromatic heterocycles. The maximum Gasteiger partial charge on any atom is 0.409 e. The average Bonchev–Trinajstić information content (AvgIpc) is 2.77. The van der Waals surface area contributed by atoms with Gasteiger partial charge in [-0.15, -0.1) is 0 Å². The van der Waals surface area contributed by atoms with Crippen LogP contribution in [0.15, 0.2) is 11.0 Å². The topological polar surface area (TPSA) is 87.2 Å². The summed E-state index contributed by atoms with van der Waals surface area (Å²) in [5, 5.41) is 0. The summed E-state index contributed by atoms with van der Waals surface area (Å²) < 4.78 is 33.4. The third kappa shape index (κ3) is 4.78. The molecule has 2 aliphatic rings. The molecule has 9 heteroatoms. The zero-order chi connectivity index (χ0) is 23.6. The molecule has 1 aromatic carbocycles. The van der Waals surface area contributed by atoms with Crippen LogP contribution in [0.4, 0.5) is 4.79 Å². The molecular weight excluding hydrogens is 430 g/mol. The van der Waals surface area contributed by atoms with Gasteiger partial charge in [-0.05, 0) is 69.7 Å². The highest BCUT2D eigenvalue weighted by molar-refractivity contribution is 7.89. The first-order chi connectivity index (χ1) is 15.1. The Morgan fingerprint density at radius 2 is 1.44 bits per heavy atom.